The topological polar surface area (TPSA) is 46.2 Å². The first kappa shape index (κ1) is 9.99. The highest BCUT2D eigenvalue weighted by Crippen LogP contribution is 2.32. The number of fused-ring (bicyclic) bond motifs is 1. The molecule has 1 unspecified atom stereocenters. The first-order chi connectivity index (χ1) is 7.24. The highest BCUT2D eigenvalue weighted by atomic mass is 16.3. The van der Waals surface area contributed by atoms with Crippen molar-refractivity contribution in [3.05, 3.63) is 42.0 Å². The summed E-state index contributed by atoms with van der Waals surface area (Å²) in [6, 6.07) is 11.5. The van der Waals surface area contributed by atoms with E-state index in [0.29, 0.717) is 5.75 Å². The average Bonchev–Trinajstić information content (AvgIpc) is 2.28. The number of rotatable bonds is 2. The van der Waals surface area contributed by atoms with Crippen molar-refractivity contribution in [1.82, 2.24) is 0 Å². The molecule has 0 bridgehead atoms. The molecule has 3 N–H and O–H groups in total. The second kappa shape index (κ2) is 3.91. The minimum absolute atomic E-state index is 0.101. The zero-order valence-corrected chi connectivity index (χ0v) is 8.77. The molecule has 0 aromatic heterocycles. The SMILES string of the molecule is CCC(N)c1c(O)ccc2ccccc12. The van der Waals surface area contributed by atoms with Crippen molar-refractivity contribution in [2.45, 2.75) is 19.4 Å². The summed E-state index contributed by atoms with van der Waals surface area (Å²) in [5, 5.41) is 12.0. The van der Waals surface area contributed by atoms with Gasteiger partial charge in [-0.25, -0.2) is 0 Å². The molecular formula is C13H15NO. The quantitative estimate of drug-likeness (QED) is 0.784. The maximum atomic E-state index is 9.83. The molecule has 2 aromatic rings. The van der Waals surface area contributed by atoms with Gasteiger partial charge in [0.05, 0.1) is 0 Å². The highest BCUT2D eigenvalue weighted by Gasteiger charge is 2.12. The van der Waals surface area contributed by atoms with Gasteiger partial charge in [0.2, 0.25) is 0 Å². The average molecular weight is 201 g/mol. The summed E-state index contributed by atoms with van der Waals surface area (Å²) in [5.41, 5.74) is 6.86. The molecule has 0 amide bonds. The van der Waals surface area contributed by atoms with Gasteiger partial charge in [-0.05, 0) is 23.3 Å². The van der Waals surface area contributed by atoms with Crippen LogP contribution in [0.2, 0.25) is 0 Å². The zero-order chi connectivity index (χ0) is 10.8. The van der Waals surface area contributed by atoms with Crippen LogP contribution in [0.3, 0.4) is 0 Å². The van der Waals surface area contributed by atoms with E-state index in [1.165, 1.54) is 0 Å². The van der Waals surface area contributed by atoms with Crippen molar-refractivity contribution < 1.29 is 5.11 Å². The zero-order valence-electron chi connectivity index (χ0n) is 8.77. The van der Waals surface area contributed by atoms with Gasteiger partial charge in [0, 0.05) is 11.6 Å². The Hall–Kier alpha value is -1.54. The standard InChI is InChI=1S/C13H15NO/c1-2-11(14)13-10-6-4-3-5-9(10)7-8-12(13)15/h3-8,11,15H,2,14H2,1H3. The van der Waals surface area contributed by atoms with Gasteiger partial charge in [-0.15, -0.1) is 0 Å². The molecule has 2 rings (SSSR count). The predicted octanol–water partition coefficient (Wildman–Crippen LogP) is 2.96. The van der Waals surface area contributed by atoms with Crippen LogP contribution in [0, 0.1) is 0 Å². The Bertz CT molecular complexity index is 479. The van der Waals surface area contributed by atoms with Gasteiger partial charge >= 0.3 is 0 Å². The van der Waals surface area contributed by atoms with E-state index >= 15 is 0 Å². The van der Waals surface area contributed by atoms with E-state index in [1.54, 1.807) is 6.07 Å². The van der Waals surface area contributed by atoms with Gasteiger partial charge in [0.1, 0.15) is 5.75 Å². The van der Waals surface area contributed by atoms with Crippen molar-refractivity contribution in [3.63, 3.8) is 0 Å². The molecule has 2 nitrogen and oxygen atoms in total. The maximum absolute atomic E-state index is 9.83. The third kappa shape index (κ3) is 1.68. The molecule has 0 spiro atoms. The van der Waals surface area contributed by atoms with Crippen LogP contribution in [0.25, 0.3) is 10.8 Å². The van der Waals surface area contributed by atoms with Crippen LogP contribution in [-0.4, -0.2) is 5.11 Å². The Morgan fingerprint density at radius 3 is 2.67 bits per heavy atom. The summed E-state index contributed by atoms with van der Waals surface area (Å²) in [5.74, 6) is 0.294. The molecule has 15 heavy (non-hydrogen) atoms. The van der Waals surface area contributed by atoms with Gasteiger partial charge in [0.15, 0.2) is 0 Å². The first-order valence-electron chi connectivity index (χ1n) is 5.20. The molecule has 2 aromatic carbocycles. The lowest BCUT2D eigenvalue weighted by molar-refractivity contribution is 0.462. The van der Waals surface area contributed by atoms with Crippen molar-refractivity contribution in [2.75, 3.05) is 0 Å². The van der Waals surface area contributed by atoms with Crippen LogP contribution < -0.4 is 5.73 Å². The van der Waals surface area contributed by atoms with Crippen LogP contribution in [0.15, 0.2) is 36.4 Å². The number of hydrogen-bond acceptors (Lipinski definition) is 2. The van der Waals surface area contributed by atoms with Crippen LogP contribution in [0.5, 0.6) is 5.75 Å². The second-order valence-corrected chi connectivity index (χ2v) is 3.73. The maximum Gasteiger partial charge on any atom is 0.120 e. The van der Waals surface area contributed by atoms with E-state index in [-0.39, 0.29) is 6.04 Å². The number of phenols is 1. The minimum Gasteiger partial charge on any atom is -0.508 e. The van der Waals surface area contributed by atoms with E-state index in [0.717, 1.165) is 22.8 Å². The second-order valence-electron chi connectivity index (χ2n) is 3.73. The van der Waals surface area contributed by atoms with E-state index < -0.39 is 0 Å². The largest absolute Gasteiger partial charge is 0.508 e. The number of phenolic OH excluding ortho intramolecular Hbond substituents is 1. The summed E-state index contributed by atoms with van der Waals surface area (Å²) >= 11 is 0. The fourth-order valence-electron chi connectivity index (χ4n) is 1.88. The lowest BCUT2D eigenvalue weighted by Gasteiger charge is -2.14. The van der Waals surface area contributed by atoms with E-state index in [4.69, 9.17) is 5.73 Å². The van der Waals surface area contributed by atoms with Gasteiger partial charge < -0.3 is 10.8 Å². The van der Waals surface area contributed by atoms with Gasteiger partial charge in [-0.3, -0.25) is 0 Å². The monoisotopic (exact) mass is 201 g/mol. The summed E-state index contributed by atoms with van der Waals surface area (Å²) in [6.07, 6.45) is 0.821. The third-order valence-electron chi connectivity index (χ3n) is 2.76. The van der Waals surface area contributed by atoms with Crippen molar-refractivity contribution in [2.24, 2.45) is 5.73 Å². The molecule has 0 aliphatic rings. The molecule has 1 atom stereocenters. The summed E-state index contributed by atoms with van der Waals surface area (Å²) in [7, 11) is 0. The number of aromatic hydroxyl groups is 1. The van der Waals surface area contributed by atoms with Crippen LogP contribution >= 0.6 is 0 Å². The Kier molecular flexibility index (Phi) is 2.60. The van der Waals surface area contributed by atoms with Crippen LogP contribution in [0.1, 0.15) is 24.9 Å². The van der Waals surface area contributed by atoms with Gasteiger partial charge in [0.25, 0.3) is 0 Å². The van der Waals surface area contributed by atoms with Crippen LogP contribution in [-0.2, 0) is 0 Å². The Morgan fingerprint density at radius 1 is 1.20 bits per heavy atom. The Balaban J connectivity index is 2.74. The lowest BCUT2D eigenvalue weighted by atomic mass is 9.97. The molecular weight excluding hydrogens is 186 g/mol. The van der Waals surface area contributed by atoms with Crippen molar-refractivity contribution >= 4 is 10.8 Å². The summed E-state index contributed by atoms with van der Waals surface area (Å²) in [6.45, 7) is 2.02. The van der Waals surface area contributed by atoms with Crippen molar-refractivity contribution in [3.8, 4) is 5.75 Å². The van der Waals surface area contributed by atoms with Gasteiger partial charge in [-0.1, -0.05) is 37.3 Å². The van der Waals surface area contributed by atoms with Gasteiger partial charge in [-0.2, -0.15) is 0 Å². The molecule has 0 aliphatic heterocycles. The minimum atomic E-state index is -0.101. The molecule has 0 aliphatic carbocycles. The normalized spacial score (nSPS) is 12.9. The highest BCUT2D eigenvalue weighted by molar-refractivity contribution is 5.88. The number of nitrogens with two attached hydrogens (primary N) is 1. The van der Waals surface area contributed by atoms with E-state index in [1.807, 2.05) is 37.3 Å². The Labute approximate surface area is 89.3 Å². The third-order valence-corrected chi connectivity index (χ3v) is 2.76. The summed E-state index contributed by atoms with van der Waals surface area (Å²) in [4.78, 5) is 0. The fraction of sp³-hybridized carbons (Fsp3) is 0.231. The molecule has 0 saturated heterocycles. The lowest BCUT2D eigenvalue weighted by Crippen LogP contribution is -2.09. The fourth-order valence-corrected chi connectivity index (χ4v) is 1.88. The molecule has 2 heteroatoms. The smallest absolute Gasteiger partial charge is 0.120 e. The van der Waals surface area contributed by atoms with E-state index in [9.17, 15) is 5.11 Å². The molecule has 0 fully saturated rings. The number of benzene rings is 2. The van der Waals surface area contributed by atoms with E-state index in [2.05, 4.69) is 0 Å². The molecule has 0 saturated carbocycles. The van der Waals surface area contributed by atoms with Crippen LogP contribution in [0.4, 0.5) is 0 Å². The van der Waals surface area contributed by atoms with Crippen molar-refractivity contribution in [1.29, 1.82) is 0 Å². The predicted molar refractivity (Wildman–Crippen MR) is 62.8 cm³/mol. The Morgan fingerprint density at radius 2 is 1.93 bits per heavy atom. The first-order valence-corrected chi connectivity index (χ1v) is 5.20. The summed E-state index contributed by atoms with van der Waals surface area (Å²) < 4.78 is 0. The number of hydrogen-bond donors (Lipinski definition) is 2. The molecule has 0 radical (unpaired) electrons. The molecule has 0 heterocycles. The molecule has 78 valence electrons.